The molecule has 1 aliphatic carbocycles. The van der Waals surface area contributed by atoms with Crippen LogP contribution in [0.5, 0.6) is 5.88 Å². The van der Waals surface area contributed by atoms with E-state index >= 15 is 0 Å². The molecule has 6 heteroatoms. The lowest BCUT2D eigenvalue weighted by Crippen LogP contribution is -2.56. The van der Waals surface area contributed by atoms with Gasteiger partial charge in [0.05, 0.1) is 12.0 Å². The van der Waals surface area contributed by atoms with Crippen LogP contribution in [0, 0.1) is 0 Å². The average molecular weight is 298 g/mol. The topological polar surface area (TPSA) is 40.6 Å². The molecule has 1 aromatic heterocycles. The summed E-state index contributed by atoms with van der Waals surface area (Å²) in [5.74, 6) is 0.749. The average Bonchev–Trinajstić information content (AvgIpc) is 2.75. The molecule has 1 heterocycles. The summed E-state index contributed by atoms with van der Waals surface area (Å²) in [5.41, 5.74) is 0.350. The number of rotatable bonds is 7. The summed E-state index contributed by atoms with van der Waals surface area (Å²) in [6.07, 6.45) is 3.92. The van der Waals surface area contributed by atoms with Gasteiger partial charge in [0.2, 0.25) is 5.88 Å². The molecule has 0 aromatic carbocycles. The van der Waals surface area contributed by atoms with Crippen LogP contribution in [0.4, 0.5) is 5.13 Å². The zero-order valence-corrected chi connectivity index (χ0v) is 14.0. The van der Waals surface area contributed by atoms with Gasteiger partial charge >= 0.3 is 0 Å². The molecule has 1 saturated carbocycles. The third-order valence-electron chi connectivity index (χ3n) is 4.20. The van der Waals surface area contributed by atoms with Gasteiger partial charge in [-0.15, -0.1) is 0 Å². The number of ether oxygens (including phenoxy) is 1. The highest BCUT2D eigenvalue weighted by Gasteiger charge is 2.38. The summed E-state index contributed by atoms with van der Waals surface area (Å²) in [4.78, 5) is 10.0. The number of hydrogen-bond acceptors (Lipinski definition) is 6. The zero-order chi connectivity index (χ0) is 14.8. The Morgan fingerprint density at radius 2 is 2.00 bits per heavy atom. The fourth-order valence-corrected chi connectivity index (χ4v) is 3.49. The van der Waals surface area contributed by atoms with Crippen LogP contribution in [0.1, 0.15) is 24.1 Å². The Kier molecular flexibility index (Phi) is 4.88. The molecule has 0 unspecified atom stereocenters. The Hall–Kier alpha value is -0.850. The van der Waals surface area contributed by atoms with Gasteiger partial charge in [-0.3, -0.25) is 0 Å². The zero-order valence-electron chi connectivity index (χ0n) is 13.2. The Bertz CT molecular complexity index is 440. The summed E-state index contributed by atoms with van der Waals surface area (Å²) in [7, 11) is 10.1. The van der Waals surface area contributed by atoms with Crippen molar-refractivity contribution in [2.45, 2.75) is 31.3 Å². The number of thiazole rings is 1. The van der Waals surface area contributed by atoms with E-state index in [9.17, 15) is 0 Å². The summed E-state index contributed by atoms with van der Waals surface area (Å²) in [5, 5.41) is 4.57. The number of hydrogen-bond donors (Lipinski definition) is 1. The molecule has 0 saturated heterocycles. The fraction of sp³-hybridized carbons (Fsp3) is 0.786. The van der Waals surface area contributed by atoms with Gasteiger partial charge in [0, 0.05) is 32.7 Å². The van der Waals surface area contributed by atoms with Gasteiger partial charge < -0.3 is 19.9 Å². The van der Waals surface area contributed by atoms with E-state index in [1.165, 1.54) is 24.1 Å². The third kappa shape index (κ3) is 3.07. The van der Waals surface area contributed by atoms with Crippen molar-refractivity contribution in [2.24, 2.45) is 0 Å². The lowest BCUT2D eigenvalue weighted by atomic mass is 9.75. The molecule has 1 fully saturated rings. The number of likely N-dealkylation sites (N-methyl/N-ethyl adjacent to an activating group) is 1. The number of nitrogens with zero attached hydrogens (tertiary/aromatic N) is 3. The van der Waals surface area contributed by atoms with Crippen LogP contribution >= 0.6 is 11.3 Å². The van der Waals surface area contributed by atoms with Crippen LogP contribution in [-0.4, -0.2) is 57.3 Å². The second-order valence-electron chi connectivity index (χ2n) is 5.90. The number of nitrogens with one attached hydrogen (secondary N) is 1. The second kappa shape index (κ2) is 6.28. The van der Waals surface area contributed by atoms with E-state index in [1.54, 1.807) is 18.4 Å². The molecule has 0 amide bonds. The van der Waals surface area contributed by atoms with E-state index in [-0.39, 0.29) is 0 Å². The molecular weight excluding hydrogens is 272 g/mol. The minimum atomic E-state index is 0.350. The van der Waals surface area contributed by atoms with Crippen molar-refractivity contribution in [3.63, 3.8) is 0 Å². The number of aromatic nitrogens is 1. The summed E-state index contributed by atoms with van der Waals surface area (Å²) in [6, 6.07) is 0. The lowest BCUT2D eigenvalue weighted by molar-refractivity contribution is 0.0598. The molecular formula is C14H26N4OS. The predicted molar refractivity (Wildman–Crippen MR) is 85.0 cm³/mol. The largest absolute Gasteiger partial charge is 0.480 e. The standard InChI is InChI=1S/C14H26N4OS/c1-17(2)13-16-12(19-5)11(20-13)9-15-10-14(18(3)4)7-6-8-14/h15H,6-10H2,1-5H3. The molecule has 2 rings (SSSR count). The van der Waals surface area contributed by atoms with Gasteiger partial charge in [0.25, 0.3) is 0 Å². The Morgan fingerprint density at radius 3 is 2.45 bits per heavy atom. The van der Waals surface area contributed by atoms with Crippen molar-refractivity contribution >= 4 is 16.5 Å². The summed E-state index contributed by atoms with van der Waals surface area (Å²) < 4.78 is 5.37. The highest BCUT2D eigenvalue weighted by Crippen LogP contribution is 2.36. The molecule has 0 bridgehead atoms. The van der Waals surface area contributed by atoms with Gasteiger partial charge in [0.15, 0.2) is 5.13 Å². The van der Waals surface area contributed by atoms with Crippen LogP contribution < -0.4 is 15.0 Å². The molecule has 20 heavy (non-hydrogen) atoms. The third-order valence-corrected chi connectivity index (χ3v) is 5.40. The maximum Gasteiger partial charge on any atom is 0.230 e. The van der Waals surface area contributed by atoms with E-state index in [0.29, 0.717) is 5.54 Å². The highest BCUT2D eigenvalue weighted by atomic mass is 32.1. The van der Waals surface area contributed by atoms with Crippen molar-refractivity contribution in [3.05, 3.63) is 4.88 Å². The van der Waals surface area contributed by atoms with Crippen molar-refractivity contribution in [1.82, 2.24) is 15.2 Å². The minimum Gasteiger partial charge on any atom is -0.480 e. The monoisotopic (exact) mass is 298 g/mol. The summed E-state index contributed by atoms with van der Waals surface area (Å²) >= 11 is 1.69. The lowest BCUT2D eigenvalue weighted by Gasteiger charge is -2.47. The fourth-order valence-electron chi connectivity index (χ4n) is 2.56. The highest BCUT2D eigenvalue weighted by molar-refractivity contribution is 7.15. The van der Waals surface area contributed by atoms with Crippen molar-refractivity contribution in [1.29, 1.82) is 0 Å². The van der Waals surface area contributed by atoms with Crippen molar-refractivity contribution in [2.75, 3.05) is 46.7 Å². The SMILES string of the molecule is COc1nc(N(C)C)sc1CNCC1(N(C)C)CCC1. The molecule has 1 aromatic rings. The molecule has 5 nitrogen and oxygen atoms in total. The van der Waals surface area contributed by atoms with Crippen LogP contribution in [0.25, 0.3) is 0 Å². The van der Waals surface area contributed by atoms with Crippen LogP contribution in [0.2, 0.25) is 0 Å². The van der Waals surface area contributed by atoms with Gasteiger partial charge in [-0.05, 0) is 33.4 Å². The smallest absolute Gasteiger partial charge is 0.230 e. The van der Waals surface area contributed by atoms with Crippen molar-refractivity contribution in [3.8, 4) is 5.88 Å². The van der Waals surface area contributed by atoms with E-state index in [2.05, 4.69) is 29.3 Å². The summed E-state index contributed by atoms with van der Waals surface area (Å²) in [6.45, 7) is 1.85. The van der Waals surface area contributed by atoms with E-state index in [0.717, 1.165) is 24.1 Å². The second-order valence-corrected chi connectivity index (χ2v) is 6.96. The van der Waals surface area contributed by atoms with E-state index in [4.69, 9.17) is 4.74 Å². The first kappa shape index (κ1) is 15.5. The van der Waals surface area contributed by atoms with E-state index in [1.807, 2.05) is 19.0 Å². The van der Waals surface area contributed by atoms with Crippen LogP contribution in [-0.2, 0) is 6.54 Å². The Labute approximate surface area is 125 Å². The Morgan fingerprint density at radius 1 is 1.30 bits per heavy atom. The molecule has 0 aliphatic heterocycles. The Balaban J connectivity index is 1.93. The van der Waals surface area contributed by atoms with Crippen LogP contribution in [0.15, 0.2) is 0 Å². The molecule has 0 atom stereocenters. The number of anilines is 1. The molecule has 0 radical (unpaired) electrons. The first-order chi connectivity index (χ1) is 9.48. The van der Waals surface area contributed by atoms with E-state index < -0.39 is 0 Å². The van der Waals surface area contributed by atoms with Gasteiger partial charge in [-0.2, -0.15) is 4.98 Å². The van der Waals surface area contributed by atoms with Crippen LogP contribution in [0.3, 0.4) is 0 Å². The quantitative estimate of drug-likeness (QED) is 0.831. The normalized spacial score (nSPS) is 17.1. The number of methoxy groups -OCH3 is 1. The van der Waals surface area contributed by atoms with Gasteiger partial charge in [-0.25, -0.2) is 0 Å². The molecule has 0 spiro atoms. The maximum atomic E-state index is 5.37. The predicted octanol–water partition coefficient (Wildman–Crippen LogP) is 1.79. The maximum absolute atomic E-state index is 5.37. The first-order valence-electron chi connectivity index (χ1n) is 7.08. The van der Waals surface area contributed by atoms with Gasteiger partial charge in [0.1, 0.15) is 0 Å². The molecule has 1 aliphatic rings. The van der Waals surface area contributed by atoms with Gasteiger partial charge in [-0.1, -0.05) is 11.3 Å². The van der Waals surface area contributed by atoms with Crippen molar-refractivity contribution < 1.29 is 4.74 Å². The molecule has 1 N–H and O–H groups in total. The minimum absolute atomic E-state index is 0.350. The molecule has 114 valence electrons. The first-order valence-corrected chi connectivity index (χ1v) is 7.89.